The molecule has 6 heteroatoms. The van der Waals surface area contributed by atoms with Gasteiger partial charge >= 0.3 is 0 Å². The van der Waals surface area contributed by atoms with E-state index in [2.05, 4.69) is 159 Å². The van der Waals surface area contributed by atoms with Gasteiger partial charge in [-0.2, -0.15) is 0 Å². The second-order valence-corrected chi connectivity index (χ2v) is 14.4. The summed E-state index contributed by atoms with van der Waals surface area (Å²) in [5.74, 6) is 3.82. The van der Waals surface area contributed by atoms with Crippen LogP contribution in [0.15, 0.2) is 122 Å². The van der Waals surface area contributed by atoms with Crippen molar-refractivity contribution in [2.75, 3.05) is 16.5 Å². The molecule has 3 aromatic heterocycles. The van der Waals surface area contributed by atoms with Crippen LogP contribution < -0.4 is 14.5 Å². The lowest BCUT2D eigenvalue weighted by molar-refractivity contribution is 0.483. The normalized spacial score (nSPS) is 13.1. The summed E-state index contributed by atoms with van der Waals surface area (Å²) in [4.78, 5) is 14.4. The first-order valence-electron chi connectivity index (χ1n) is 17.0. The lowest BCUT2D eigenvalue weighted by atomic mass is 9.88. The highest BCUT2D eigenvalue weighted by molar-refractivity contribution is 6.09. The standard InChI is InChI=1S/C43H41N5O/c1-28(2)36-22-29(3)26-45-42(36)47-27-46(38-16-9-10-17-39(38)47)31-12-11-13-32(24-31)49-33-18-19-35-34-14-7-8-15-37(34)48(40(35)25-33)41-23-30(20-21-44-41)43(4,5)6/h7-26,28H,27H2,1-6H3. The van der Waals surface area contributed by atoms with E-state index in [4.69, 9.17) is 14.7 Å². The molecule has 0 atom stereocenters. The van der Waals surface area contributed by atoms with Gasteiger partial charge in [0.15, 0.2) is 0 Å². The van der Waals surface area contributed by atoms with E-state index in [-0.39, 0.29) is 5.41 Å². The molecule has 8 rings (SSSR count). The van der Waals surface area contributed by atoms with Gasteiger partial charge in [-0.1, -0.05) is 77.1 Å². The van der Waals surface area contributed by atoms with E-state index in [0.29, 0.717) is 12.6 Å². The van der Waals surface area contributed by atoms with Crippen molar-refractivity contribution in [2.45, 2.75) is 52.9 Å². The number of para-hydroxylation sites is 3. The zero-order valence-electron chi connectivity index (χ0n) is 29.0. The van der Waals surface area contributed by atoms with Gasteiger partial charge in [-0.05, 0) is 89.5 Å². The number of benzene rings is 4. The predicted octanol–water partition coefficient (Wildman–Crippen LogP) is 11.3. The van der Waals surface area contributed by atoms with Gasteiger partial charge in [0.1, 0.15) is 29.8 Å². The molecule has 1 aliphatic heterocycles. The van der Waals surface area contributed by atoms with Crippen molar-refractivity contribution < 1.29 is 4.74 Å². The highest BCUT2D eigenvalue weighted by Gasteiger charge is 2.30. The molecule has 1 aliphatic rings. The predicted molar refractivity (Wildman–Crippen MR) is 202 cm³/mol. The first kappa shape index (κ1) is 30.7. The van der Waals surface area contributed by atoms with Crippen LogP contribution in [0.3, 0.4) is 0 Å². The van der Waals surface area contributed by atoms with Crippen molar-refractivity contribution >= 4 is 44.7 Å². The van der Waals surface area contributed by atoms with Gasteiger partial charge < -0.3 is 14.5 Å². The van der Waals surface area contributed by atoms with E-state index < -0.39 is 0 Å². The van der Waals surface area contributed by atoms with Crippen LogP contribution in [-0.4, -0.2) is 21.2 Å². The van der Waals surface area contributed by atoms with E-state index in [9.17, 15) is 0 Å². The molecular weight excluding hydrogens is 603 g/mol. The van der Waals surface area contributed by atoms with Crippen LogP contribution in [0, 0.1) is 6.92 Å². The fraction of sp³-hybridized carbons (Fsp3) is 0.209. The van der Waals surface area contributed by atoms with Crippen molar-refractivity contribution in [3.05, 3.63) is 138 Å². The summed E-state index contributed by atoms with van der Waals surface area (Å²) < 4.78 is 8.88. The van der Waals surface area contributed by atoms with E-state index in [1.165, 1.54) is 27.5 Å². The number of fused-ring (bicyclic) bond motifs is 4. The second kappa shape index (κ2) is 11.8. The number of nitrogens with zero attached hydrogens (tertiary/aromatic N) is 5. The number of pyridine rings is 2. The first-order chi connectivity index (χ1) is 23.7. The number of anilines is 4. The minimum absolute atomic E-state index is 0.00991. The van der Waals surface area contributed by atoms with Gasteiger partial charge in [0.25, 0.3) is 0 Å². The van der Waals surface area contributed by atoms with Crippen LogP contribution in [0.25, 0.3) is 27.6 Å². The molecule has 0 aliphatic carbocycles. The molecule has 49 heavy (non-hydrogen) atoms. The number of aromatic nitrogens is 3. The molecule has 4 heterocycles. The third-order valence-electron chi connectivity index (χ3n) is 9.51. The molecule has 244 valence electrons. The Morgan fingerprint density at radius 3 is 2.22 bits per heavy atom. The van der Waals surface area contributed by atoms with E-state index in [0.717, 1.165) is 51.2 Å². The summed E-state index contributed by atoms with van der Waals surface area (Å²) >= 11 is 0. The molecule has 0 unspecified atom stereocenters. The van der Waals surface area contributed by atoms with E-state index in [1.54, 1.807) is 0 Å². The summed E-state index contributed by atoms with van der Waals surface area (Å²) in [6.45, 7) is 13.9. The Bertz CT molecular complexity index is 2350. The Balaban J connectivity index is 1.16. The smallest absolute Gasteiger partial charge is 0.137 e. The molecule has 6 nitrogen and oxygen atoms in total. The molecule has 0 fully saturated rings. The third kappa shape index (κ3) is 5.47. The lowest BCUT2D eigenvalue weighted by Gasteiger charge is -2.24. The van der Waals surface area contributed by atoms with Crippen molar-refractivity contribution in [2.24, 2.45) is 0 Å². The van der Waals surface area contributed by atoms with Crippen LogP contribution in [0.5, 0.6) is 11.5 Å². The third-order valence-corrected chi connectivity index (χ3v) is 9.51. The second-order valence-electron chi connectivity index (χ2n) is 14.4. The molecule has 0 saturated heterocycles. The van der Waals surface area contributed by atoms with Crippen LogP contribution in [-0.2, 0) is 5.41 Å². The van der Waals surface area contributed by atoms with Gasteiger partial charge in [-0.15, -0.1) is 0 Å². The average molecular weight is 644 g/mol. The molecular formula is C43H41N5O. The topological polar surface area (TPSA) is 46.4 Å². The summed E-state index contributed by atoms with van der Waals surface area (Å²) in [5.41, 5.74) is 9.21. The van der Waals surface area contributed by atoms with Gasteiger partial charge in [-0.25, -0.2) is 9.97 Å². The Labute approximate surface area is 288 Å². The van der Waals surface area contributed by atoms with Crippen LogP contribution >= 0.6 is 0 Å². The van der Waals surface area contributed by atoms with E-state index >= 15 is 0 Å². The molecule has 0 saturated carbocycles. The van der Waals surface area contributed by atoms with Crippen molar-refractivity contribution in [1.82, 2.24) is 14.5 Å². The fourth-order valence-corrected chi connectivity index (χ4v) is 6.97. The molecule has 0 N–H and O–H groups in total. The monoisotopic (exact) mass is 643 g/mol. The zero-order chi connectivity index (χ0) is 33.9. The minimum Gasteiger partial charge on any atom is -0.457 e. The zero-order valence-corrected chi connectivity index (χ0v) is 29.0. The number of hydrogen-bond donors (Lipinski definition) is 0. The molecule has 0 radical (unpaired) electrons. The van der Waals surface area contributed by atoms with Crippen LogP contribution in [0.1, 0.15) is 57.2 Å². The van der Waals surface area contributed by atoms with Crippen LogP contribution in [0.2, 0.25) is 0 Å². The first-order valence-corrected chi connectivity index (χ1v) is 17.0. The molecule has 0 spiro atoms. The highest BCUT2D eigenvalue weighted by Crippen LogP contribution is 2.46. The summed E-state index contributed by atoms with van der Waals surface area (Å²) in [5, 5.41) is 2.36. The van der Waals surface area contributed by atoms with Gasteiger partial charge in [0, 0.05) is 41.0 Å². The lowest BCUT2D eigenvalue weighted by Crippen LogP contribution is -2.25. The number of hydrogen-bond acceptors (Lipinski definition) is 5. The SMILES string of the molecule is Cc1cnc(N2CN(c3cccc(Oc4ccc5c6ccccc6n(-c6cc(C(C)(C)C)ccn6)c5c4)c3)c3ccccc32)c(C(C)C)c1. The molecule has 7 aromatic rings. The largest absolute Gasteiger partial charge is 0.457 e. The van der Waals surface area contributed by atoms with Gasteiger partial charge in [0.05, 0.1) is 22.4 Å². The van der Waals surface area contributed by atoms with Crippen molar-refractivity contribution in [1.29, 1.82) is 0 Å². The van der Waals surface area contributed by atoms with E-state index in [1.807, 2.05) is 18.5 Å². The Hall–Kier alpha value is -5.62. The summed E-state index contributed by atoms with van der Waals surface area (Å²) in [6.07, 6.45) is 3.88. The minimum atomic E-state index is 0.00991. The number of ether oxygens (including phenoxy) is 1. The van der Waals surface area contributed by atoms with Gasteiger partial charge in [0.2, 0.25) is 0 Å². The fourth-order valence-electron chi connectivity index (χ4n) is 6.97. The maximum Gasteiger partial charge on any atom is 0.137 e. The van der Waals surface area contributed by atoms with Crippen LogP contribution in [0.4, 0.5) is 22.9 Å². The van der Waals surface area contributed by atoms with Gasteiger partial charge in [-0.3, -0.25) is 4.57 Å². The van der Waals surface area contributed by atoms with Crippen molar-refractivity contribution in [3.8, 4) is 17.3 Å². The Morgan fingerprint density at radius 2 is 1.43 bits per heavy atom. The summed E-state index contributed by atoms with van der Waals surface area (Å²) in [6, 6.07) is 38.4. The van der Waals surface area contributed by atoms with Crippen molar-refractivity contribution in [3.63, 3.8) is 0 Å². The Morgan fingerprint density at radius 1 is 0.694 bits per heavy atom. The maximum absolute atomic E-state index is 6.63. The molecule has 0 amide bonds. The highest BCUT2D eigenvalue weighted by atomic mass is 16.5. The molecule has 0 bridgehead atoms. The number of aryl methyl sites for hydroxylation is 1. The average Bonchev–Trinajstić information content (AvgIpc) is 3.64. The maximum atomic E-state index is 6.63. The molecule has 4 aromatic carbocycles. The quantitative estimate of drug-likeness (QED) is 0.180. The number of rotatable bonds is 6. The Kier molecular flexibility index (Phi) is 7.40. The summed E-state index contributed by atoms with van der Waals surface area (Å²) in [7, 11) is 0.